The Kier molecular flexibility index (Phi) is 7.03. The molecule has 30 heavy (non-hydrogen) atoms. The Morgan fingerprint density at radius 2 is 1.97 bits per heavy atom. The number of likely N-dealkylation sites (tertiary alicyclic amines) is 2. The van der Waals surface area contributed by atoms with E-state index in [2.05, 4.69) is 5.32 Å². The van der Waals surface area contributed by atoms with Crippen molar-refractivity contribution in [2.45, 2.75) is 45.2 Å². The zero-order chi connectivity index (χ0) is 20.4. The van der Waals surface area contributed by atoms with Crippen LogP contribution >= 0.6 is 12.4 Å². The van der Waals surface area contributed by atoms with E-state index in [0.29, 0.717) is 39.0 Å². The first kappa shape index (κ1) is 22.6. The molecule has 7 nitrogen and oxygen atoms in total. The molecule has 0 radical (unpaired) electrons. The van der Waals surface area contributed by atoms with E-state index in [1.807, 2.05) is 34.1 Å². The Bertz CT molecular complexity index is 817. The van der Waals surface area contributed by atoms with Gasteiger partial charge in [-0.05, 0) is 36.3 Å². The van der Waals surface area contributed by atoms with Crippen LogP contribution in [-0.4, -0.2) is 58.9 Å². The lowest BCUT2D eigenvalue weighted by Crippen LogP contribution is -2.39. The fourth-order valence-corrected chi connectivity index (χ4v) is 5.28. The maximum absolute atomic E-state index is 12.5. The molecule has 1 aromatic rings. The van der Waals surface area contributed by atoms with Gasteiger partial charge in [0.2, 0.25) is 11.8 Å². The van der Waals surface area contributed by atoms with Gasteiger partial charge < -0.3 is 15.3 Å². The van der Waals surface area contributed by atoms with Gasteiger partial charge >= 0.3 is 5.97 Å². The number of nitrogens with one attached hydrogen (secondary N) is 1. The van der Waals surface area contributed by atoms with Crippen molar-refractivity contribution in [1.82, 2.24) is 15.1 Å². The summed E-state index contributed by atoms with van der Waals surface area (Å²) >= 11 is 0. The monoisotopic (exact) mass is 435 g/mol. The first-order valence-corrected chi connectivity index (χ1v) is 10.5. The second-order valence-corrected chi connectivity index (χ2v) is 8.68. The van der Waals surface area contributed by atoms with Gasteiger partial charge in [0, 0.05) is 39.1 Å². The summed E-state index contributed by atoms with van der Waals surface area (Å²) in [5.74, 6) is -0.451. The molecule has 2 amide bonds. The number of hydrogen-bond acceptors (Lipinski definition) is 4. The minimum atomic E-state index is -0.715. The van der Waals surface area contributed by atoms with Crippen LogP contribution in [0.3, 0.4) is 0 Å². The molecule has 3 aliphatic rings. The Hall–Kier alpha value is -2.12. The third-order valence-corrected chi connectivity index (χ3v) is 6.86. The number of carbonyl (C=O) groups excluding carboxylic acids is 2. The molecule has 1 saturated carbocycles. The third-order valence-electron chi connectivity index (χ3n) is 6.86. The Labute approximate surface area is 183 Å². The van der Waals surface area contributed by atoms with Crippen LogP contribution in [-0.2, 0) is 27.5 Å². The highest BCUT2D eigenvalue weighted by Gasteiger charge is 2.54. The fourth-order valence-electron chi connectivity index (χ4n) is 5.28. The molecule has 0 spiro atoms. The van der Waals surface area contributed by atoms with Crippen LogP contribution in [0.25, 0.3) is 0 Å². The first-order valence-electron chi connectivity index (χ1n) is 10.5. The van der Waals surface area contributed by atoms with Gasteiger partial charge in [0.25, 0.3) is 0 Å². The third kappa shape index (κ3) is 4.47. The predicted octanol–water partition coefficient (Wildman–Crippen LogP) is 2.03. The van der Waals surface area contributed by atoms with Gasteiger partial charge in [0.1, 0.15) is 0 Å². The number of rotatable bonds is 7. The summed E-state index contributed by atoms with van der Waals surface area (Å²) in [6.07, 6.45) is 4.15. The van der Waals surface area contributed by atoms with Gasteiger partial charge in [-0.3, -0.25) is 19.3 Å². The quantitative estimate of drug-likeness (QED) is 0.684. The van der Waals surface area contributed by atoms with Gasteiger partial charge in [0.15, 0.2) is 0 Å². The second-order valence-electron chi connectivity index (χ2n) is 8.68. The standard InChI is InChI=1S/C22H29N3O4.ClH/c26-19(14-24-13-18-7-3-9-22(18,15-24)21(28)29)23-11-16-5-1-2-6-17(16)12-25-10-4-8-20(25)27;/h1-2,5-6,18H,3-4,7-15H2,(H,23,26)(H,28,29);1H/t18-,22+;/m0./s1. The number of carboxylic acids is 1. The summed E-state index contributed by atoms with van der Waals surface area (Å²) < 4.78 is 0. The SMILES string of the molecule is Cl.O=C(CN1C[C@@H]2CCC[C@@]2(C(=O)O)C1)NCc1ccccc1CN1CCCC1=O. The molecule has 0 unspecified atom stereocenters. The molecule has 1 aliphatic carbocycles. The van der Waals surface area contributed by atoms with Crippen LogP contribution in [0.4, 0.5) is 0 Å². The largest absolute Gasteiger partial charge is 0.481 e. The maximum Gasteiger partial charge on any atom is 0.311 e. The molecule has 2 aliphatic heterocycles. The van der Waals surface area contributed by atoms with Crippen LogP contribution in [0.2, 0.25) is 0 Å². The van der Waals surface area contributed by atoms with E-state index in [4.69, 9.17) is 0 Å². The van der Waals surface area contributed by atoms with E-state index in [9.17, 15) is 19.5 Å². The number of halogens is 1. The highest BCUT2D eigenvalue weighted by atomic mass is 35.5. The van der Waals surface area contributed by atoms with Gasteiger partial charge in [-0.15, -0.1) is 12.4 Å². The predicted molar refractivity (Wildman–Crippen MR) is 114 cm³/mol. The molecule has 2 saturated heterocycles. The lowest BCUT2D eigenvalue weighted by molar-refractivity contribution is -0.149. The van der Waals surface area contributed by atoms with Crippen LogP contribution in [0.1, 0.15) is 43.2 Å². The molecule has 3 fully saturated rings. The maximum atomic E-state index is 12.5. The Morgan fingerprint density at radius 3 is 2.63 bits per heavy atom. The van der Waals surface area contributed by atoms with Crippen molar-refractivity contribution in [3.05, 3.63) is 35.4 Å². The smallest absolute Gasteiger partial charge is 0.311 e. The molecule has 2 N–H and O–H groups in total. The van der Waals surface area contributed by atoms with Gasteiger partial charge in [-0.1, -0.05) is 30.7 Å². The minimum absolute atomic E-state index is 0. The van der Waals surface area contributed by atoms with Crippen molar-refractivity contribution in [2.24, 2.45) is 11.3 Å². The number of nitrogens with zero attached hydrogens (tertiary/aromatic N) is 2. The van der Waals surface area contributed by atoms with Crippen molar-refractivity contribution in [1.29, 1.82) is 0 Å². The van der Waals surface area contributed by atoms with Crippen molar-refractivity contribution in [2.75, 3.05) is 26.2 Å². The molecule has 2 atom stereocenters. The summed E-state index contributed by atoms with van der Waals surface area (Å²) in [6, 6.07) is 7.88. The average Bonchev–Trinajstić information content (AvgIpc) is 3.36. The fraction of sp³-hybridized carbons (Fsp3) is 0.591. The van der Waals surface area contributed by atoms with E-state index >= 15 is 0 Å². The number of aliphatic carboxylic acids is 1. The van der Waals surface area contributed by atoms with E-state index < -0.39 is 11.4 Å². The summed E-state index contributed by atoms with van der Waals surface area (Å²) in [7, 11) is 0. The normalized spacial score (nSPS) is 25.8. The van der Waals surface area contributed by atoms with Gasteiger partial charge in [-0.2, -0.15) is 0 Å². The Morgan fingerprint density at radius 1 is 1.20 bits per heavy atom. The number of amides is 2. The lowest BCUT2D eigenvalue weighted by atomic mass is 9.81. The van der Waals surface area contributed by atoms with E-state index in [1.165, 1.54) is 0 Å². The minimum Gasteiger partial charge on any atom is -0.481 e. The van der Waals surface area contributed by atoms with Crippen LogP contribution < -0.4 is 5.32 Å². The first-order chi connectivity index (χ1) is 14.0. The summed E-state index contributed by atoms with van der Waals surface area (Å²) in [5, 5.41) is 12.7. The summed E-state index contributed by atoms with van der Waals surface area (Å²) in [5.41, 5.74) is 1.42. The molecule has 8 heteroatoms. The van der Waals surface area contributed by atoms with Crippen LogP contribution in [0, 0.1) is 11.3 Å². The topological polar surface area (TPSA) is 89.9 Å². The summed E-state index contributed by atoms with van der Waals surface area (Å²) in [6.45, 7) is 3.18. The molecule has 0 bridgehead atoms. The summed E-state index contributed by atoms with van der Waals surface area (Å²) in [4.78, 5) is 40.1. The Balaban J connectivity index is 0.00000256. The highest BCUT2D eigenvalue weighted by Crippen LogP contribution is 2.48. The highest BCUT2D eigenvalue weighted by molar-refractivity contribution is 5.85. The van der Waals surface area contributed by atoms with Crippen molar-refractivity contribution in [3.8, 4) is 0 Å². The van der Waals surface area contributed by atoms with E-state index in [-0.39, 0.29) is 36.7 Å². The van der Waals surface area contributed by atoms with E-state index in [1.54, 1.807) is 0 Å². The molecule has 0 aromatic heterocycles. The second kappa shape index (κ2) is 9.35. The van der Waals surface area contributed by atoms with Gasteiger partial charge in [0.05, 0.1) is 12.0 Å². The molecule has 1 aromatic carbocycles. The number of fused-ring (bicyclic) bond motifs is 1. The average molecular weight is 436 g/mol. The van der Waals surface area contributed by atoms with Crippen molar-refractivity contribution >= 4 is 30.2 Å². The molecular weight excluding hydrogens is 406 g/mol. The zero-order valence-corrected chi connectivity index (χ0v) is 18.0. The van der Waals surface area contributed by atoms with Crippen molar-refractivity contribution in [3.63, 3.8) is 0 Å². The molecule has 2 heterocycles. The van der Waals surface area contributed by atoms with Crippen LogP contribution in [0.5, 0.6) is 0 Å². The van der Waals surface area contributed by atoms with Gasteiger partial charge in [-0.25, -0.2) is 0 Å². The number of hydrogen-bond donors (Lipinski definition) is 2. The van der Waals surface area contributed by atoms with Crippen molar-refractivity contribution < 1.29 is 19.5 Å². The number of benzene rings is 1. The zero-order valence-electron chi connectivity index (χ0n) is 17.1. The molecule has 164 valence electrons. The number of carboxylic acid groups (broad SMARTS) is 1. The lowest BCUT2D eigenvalue weighted by Gasteiger charge is -2.23. The molecular formula is C22H30ClN3O4. The number of carbonyl (C=O) groups is 3. The molecule has 4 rings (SSSR count). The van der Waals surface area contributed by atoms with Crippen LogP contribution in [0.15, 0.2) is 24.3 Å². The van der Waals surface area contributed by atoms with E-state index in [0.717, 1.165) is 36.9 Å².